The molecule has 1 N–H and O–H groups in total. The van der Waals surface area contributed by atoms with Crippen LogP contribution < -0.4 is 14.4 Å². The molecule has 1 saturated heterocycles. The summed E-state index contributed by atoms with van der Waals surface area (Å²) >= 11 is 0. The van der Waals surface area contributed by atoms with Gasteiger partial charge in [0.25, 0.3) is 15.9 Å². The van der Waals surface area contributed by atoms with E-state index in [0.29, 0.717) is 6.54 Å². The molecule has 3 aromatic rings. The lowest BCUT2D eigenvalue weighted by Gasteiger charge is -2.34. The van der Waals surface area contributed by atoms with Crippen LogP contribution in [0.1, 0.15) is 49.7 Å². The summed E-state index contributed by atoms with van der Waals surface area (Å²) in [5, 5.41) is 8.18. The van der Waals surface area contributed by atoms with Crippen LogP contribution in [0.3, 0.4) is 0 Å². The van der Waals surface area contributed by atoms with Crippen molar-refractivity contribution in [1.29, 1.82) is 0 Å². The molecule has 1 aliphatic rings. The first-order valence-electron chi connectivity index (χ1n) is 12.2. The van der Waals surface area contributed by atoms with Crippen molar-refractivity contribution >= 4 is 21.7 Å². The van der Waals surface area contributed by atoms with Crippen LogP contribution >= 0.6 is 0 Å². The number of alkyl halides is 3. The summed E-state index contributed by atoms with van der Waals surface area (Å²) < 4.78 is 73.2. The monoisotopic (exact) mass is 569 g/mol. The number of carbonyl (C=O) groups is 1. The molecule has 0 saturated carbocycles. The molecular formula is C24H30F3N7O4S. The summed E-state index contributed by atoms with van der Waals surface area (Å²) in [5.41, 5.74) is -0.109. The lowest BCUT2D eigenvalue weighted by atomic mass is 9.97. The van der Waals surface area contributed by atoms with Crippen LogP contribution in [0.15, 0.2) is 35.5 Å². The smallest absolute Gasteiger partial charge is 0.392 e. The Morgan fingerprint density at radius 1 is 1.23 bits per heavy atom. The number of carbonyl (C=O) groups excluding carboxylic acids is 1. The predicted octanol–water partition coefficient (Wildman–Crippen LogP) is 3.38. The Kier molecular flexibility index (Phi) is 7.40. The molecule has 1 fully saturated rings. The van der Waals surface area contributed by atoms with Crippen molar-refractivity contribution in [3.63, 3.8) is 0 Å². The van der Waals surface area contributed by atoms with E-state index < -0.39 is 40.7 Å². The molecule has 15 heteroatoms. The van der Waals surface area contributed by atoms with Crippen molar-refractivity contribution in [2.24, 2.45) is 13.0 Å². The topological polar surface area (TPSA) is 124 Å². The Labute approximate surface area is 224 Å². The average Bonchev–Trinajstić information content (AvgIpc) is 3.48. The second kappa shape index (κ2) is 10.2. The number of halogens is 3. The summed E-state index contributed by atoms with van der Waals surface area (Å²) in [4.78, 5) is 19.8. The number of nitrogens with one attached hydrogen (secondary N) is 1. The van der Waals surface area contributed by atoms with E-state index >= 15 is 0 Å². The van der Waals surface area contributed by atoms with E-state index in [1.54, 1.807) is 7.05 Å². The van der Waals surface area contributed by atoms with Gasteiger partial charge < -0.3 is 9.64 Å². The van der Waals surface area contributed by atoms with Gasteiger partial charge in [-0.3, -0.25) is 9.48 Å². The standard InChI is InChI=1S/C24H30F3N7O4S/c1-15-12-23(3,4)33(13-15)21-17(22(35)31-39(36,37)18-14-32(5)29-16(18)2)6-7-19(28-21)34-10-8-20(30-34)38-11-9-24(25,26)27/h6-8,10,14-15H,9,11-13H2,1-5H3,(H,31,35)/t15-/m0/s1. The highest BCUT2D eigenvalue weighted by atomic mass is 32.2. The zero-order valence-corrected chi connectivity index (χ0v) is 23.0. The fourth-order valence-electron chi connectivity index (χ4n) is 4.77. The minimum atomic E-state index is -4.35. The number of pyridine rings is 1. The summed E-state index contributed by atoms with van der Waals surface area (Å²) in [5.74, 6) is -0.0701. The minimum absolute atomic E-state index is 0.0162. The number of aromatic nitrogens is 5. The van der Waals surface area contributed by atoms with E-state index in [2.05, 4.69) is 26.8 Å². The van der Waals surface area contributed by atoms with Gasteiger partial charge in [-0.15, -0.1) is 5.10 Å². The average molecular weight is 570 g/mol. The quantitative estimate of drug-likeness (QED) is 0.438. The fourth-order valence-corrected chi connectivity index (χ4v) is 5.95. The van der Waals surface area contributed by atoms with Crippen LogP contribution in [0.25, 0.3) is 5.82 Å². The third-order valence-corrected chi connectivity index (χ3v) is 7.79. The van der Waals surface area contributed by atoms with Gasteiger partial charge in [0, 0.05) is 37.6 Å². The lowest BCUT2D eigenvalue weighted by Crippen LogP contribution is -2.41. The first-order valence-corrected chi connectivity index (χ1v) is 13.7. The maximum atomic E-state index is 13.4. The van der Waals surface area contributed by atoms with Gasteiger partial charge >= 0.3 is 6.18 Å². The van der Waals surface area contributed by atoms with Gasteiger partial charge in [0.2, 0.25) is 5.88 Å². The molecule has 4 rings (SSSR count). The van der Waals surface area contributed by atoms with Gasteiger partial charge in [-0.05, 0) is 45.2 Å². The second-order valence-corrected chi connectivity index (χ2v) is 11.9. The Balaban J connectivity index is 1.67. The number of aryl methyl sites for hydroxylation is 2. The van der Waals surface area contributed by atoms with E-state index in [-0.39, 0.29) is 39.6 Å². The van der Waals surface area contributed by atoms with E-state index in [9.17, 15) is 26.4 Å². The third kappa shape index (κ3) is 6.34. The van der Waals surface area contributed by atoms with Crippen molar-refractivity contribution in [2.75, 3.05) is 18.1 Å². The molecule has 1 amide bonds. The summed E-state index contributed by atoms with van der Waals surface area (Å²) in [6.07, 6.45) is -1.87. The molecule has 1 atom stereocenters. The normalized spacial score (nSPS) is 17.4. The van der Waals surface area contributed by atoms with Crippen LogP contribution in [0, 0.1) is 12.8 Å². The van der Waals surface area contributed by atoms with Crippen molar-refractivity contribution < 1.29 is 31.1 Å². The third-order valence-electron chi connectivity index (χ3n) is 6.35. The van der Waals surface area contributed by atoms with Gasteiger partial charge in [0.1, 0.15) is 10.7 Å². The highest BCUT2D eigenvalue weighted by Crippen LogP contribution is 2.37. The van der Waals surface area contributed by atoms with Crippen molar-refractivity contribution in [1.82, 2.24) is 29.3 Å². The molecule has 11 nitrogen and oxygen atoms in total. The molecule has 39 heavy (non-hydrogen) atoms. The van der Waals surface area contributed by atoms with Crippen molar-refractivity contribution in [3.8, 4) is 11.7 Å². The highest BCUT2D eigenvalue weighted by molar-refractivity contribution is 7.90. The first kappa shape index (κ1) is 28.4. The van der Waals surface area contributed by atoms with Gasteiger partial charge in [-0.25, -0.2) is 22.8 Å². The van der Waals surface area contributed by atoms with E-state index in [0.717, 1.165) is 6.42 Å². The fraction of sp³-hybridized carbons (Fsp3) is 0.500. The van der Waals surface area contributed by atoms with Crippen LogP contribution in [0.5, 0.6) is 5.88 Å². The Morgan fingerprint density at radius 2 is 1.95 bits per heavy atom. The number of hydrogen-bond donors (Lipinski definition) is 1. The summed E-state index contributed by atoms with van der Waals surface area (Å²) in [6.45, 7) is 7.59. The summed E-state index contributed by atoms with van der Waals surface area (Å²) in [6, 6.07) is 4.33. The molecule has 212 valence electrons. The molecule has 0 aromatic carbocycles. The van der Waals surface area contributed by atoms with Crippen LogP contribution in [0.2, 0.25) is 0 Å². The lowest BCUT2D eigenvalue weighted by molar-refractivity contribution is -0.139. The molecular weight excluding hydrogens is 539 g/mol. The van der Waals surface area contributed by atoms with Gasteiger partial charge in [-0.1, -0.05) is 6.92 Å². The molecule has 0 spiro atoms. The first-order chi connectivity index (χ1) is 18.1. The molecule has 0 unspecified atom stereocenters. The Hall–Kier alpha value is -3.62. The van der Waals surface area contributed by atoms with Crippen LogP contribution in [-0.2, 0) is 17.1 Å². The number of rotatable bonds is 8. The molecule has 0 aliphatic carbocycles. The highest BCUT2D eigenvalue weighted by Gasteiger charge is 2.39. The number of ether oxygens (including phenoxy) is 1. The van der Waals surface area contributed by atoms with E-state index in [4.69, 9.17) is 4.74 Å². The molecule has 3 aromatic heterocycles. The predicted molar refractivity (Wildman–Crippen MR) is 135 cm³/mol. The SMILES string of the molecule is Cc1nn(C)cc1S(=O)(=O)NC(=O)c1ccc(-n2ccc(OCCC(F)(F)F)n2)nc1N1C[C@@H](C)CC1(C)C. The van der Waals surface area contributed by atoms with E-state index in [1.165, 1.54) is 46.9 Å². The zero-order chi connectivity index (χ0) is 28.8. The molecule has 0 radical (unpaired) electrons. The Bertz CT molecular complexity index is 1480. The van der Waals surface area contributed by atoms with Gasteiger partial charge in [0.05, 0.1) is 24.3 Å². The second-order valence-electron chi connectivity index (χ2n) is 10.3. The number of anilines is 1. The van der Waals surface area contributed by atoms with Crippen LogP contribution in [0.4, 0.5) is 19.0 Å². The largest absolute Gasteiger partial charge is 0.476 e. The maximum absolute atomic E-state index is 13.4. The maximum Gasteiger partial charge on any atom is 0.392 e. The minimum Gasteiger partial charge on any atom is -0.476 e. The van der Waals surface area contributed by atoms with Gasteiger partial charge in [0.15, 0.2) is 5.82 Å². The molecule has 4 heterocycles. The van der Waals surface area contributed by atoms with Crippen LogP contribution in [-0.4, -0.2) is 63.7 Å². The van der Waals surface area contributed by atoms with Gasteiger partial charge in [-0.2, -0.15) is 18.3 Å². The van der Waals surface area contributed by atoms with Crippen molar-refractivity contribution in [2.45, 2.75) is 57.1 Å². The summed E-state index contributed by atoms with van der Waals surface area (Å²) in [7, 11) is -2.64. The number of nitrogens with zero attached hydrogens (tertiary/aromatic N) is 6. The Morgan fingerprint density at radius 3 is 2.54 bits per heavy atom. The van der Waals surface area contributed by atoms with Crippen molar-refractivity contribution in [3.05, 3.63) is 41.9 Å². The number of hydrogen-bond acceptors (Lipinski definition) is 8. The molecule has 1 aliphatic heterocycles. The van der Waals surface area contributed by atoms with E-state index in [1.807, 2.05) is 18.7 Å². The zero-order valence-electron chi connectivity index (χ0n) is 22.2. The number of sulfonamides is 1. The molecule has 0 bridgehead atoms. The number of amides is 1.